The summed E-state index contributed by atoms with van der Waals surface area (Å²) >= 11 is 0. The minimum absolute atomic E-state index is 0.0337. The van der Waals surface area contributed by atoms with Gasteiger partial charge in [-0.3, -0.25) is 4.79 Å². The van der Waals surface area contributed by atoms with Crippen LogP contribution in [0.15, 0.2) is 62.6 Å². The molecule has 2 aliphatic heterocycles. The number of rotatable bonds is 5. The second-order valence-electron chi connectivity index (χ2n) is 7.39. The molecule has 31 heavy (non-hydrogen) atoms. The number of primary sulfonamides is 1. The molecule has 2 aromatic rings. The van der Waals surface area contributed by atoms with Crippen LogP contribution in [0.25, 0.3) is 11.1 Å². The summed E-state index contributed by atoms with van der Waals surface area (Å²) in [6.07, 6.45) is 1.84. The second-order valence-corrected chi connectivity index (χ2v) is 8.92. The quantitative estimate of drug-likeness (QED) is 0.764. The molecule has 1 saturated heterocycles. The normalized spacial score (nSPS) is 17.1. The maximum atomic E-state index is 12.8. The molecule has 9 nitrogen and oxygen atoms in total. The number of methoxy groups -OCH3 is 1. The van der Waals surface area contributed by atoms with Gasteiger partial charge in [0.2, 0.25) is 10.0 Å². The topological polar surface area (TPSA) is 127 Å². The fourth-order valence-electron chi connectivity index (χ4n) is 3.87. The number of benzene rings is 2. The fraction of sp³-hybridized carbons (Fsp3) is 0.333. The number of piperidine rings is 1. The maximum absolute atomic E-state index is 12.8. The van der Waals surface area contributed by atoms with E-state index in [9.17, 15) is 13.2 Å². The zero-order valence-electron chi connectivity index (χ0n) is 17.1. The summed E-state index contributed by atoms with van der Waals surface area (Å²) in [5.74, 6) is 0.189. The van der Waals surface area contributed by atoms with Crippen molar-refractivity contribution < 1.29 is 17.9 Å². The number of likely N-dealkylation sites (tertiary alicyclic amines) is 1. The van der Waals surface area contributed by atoms with Crippen LogP contribution in [0.4, 0.5) is 0 Å². The highest BCUT2D eigenvalue weighted by molar-refractivity contribution is 7.89. The van der Waals surface area contributed by atoms with E-state index in [0.29, 0.717) is 29.8 Å². The van der Waals surface area contributed by atoms with Gasteiger partial charge >= 0.3 is 0 Å². The number of hydrogen-bond acceptors (Lipinski definition) is 7. The lowest BCUT2D eigenvalue weighted by Crippen LogP contribution is -2.40. The molecule has 1 amide bonds. The number of azo groups is 1. The van der Waals surface area contributed by atoms with Gasteiger partial charge in [-0.2, -0.15) is 5.11 Å². The molecule has 10 heteroatoms. The first-order valence-corrected chi connectivity index (χ1v) is 11.4. The molecule has 0 aromatic heterocycles. The van der Waals surface area contributed by atoms with Crippen molar-refractivity contribution in [2.45, 2.75) is 23.8 Å². The van der Waals surface area contributed by atoms with Gasteiger partial charge in [0.15, 0.2) is 12.5 Å². The molecule has 0 bridgehead atoms. The molecule has 4 rings (SSSR count). The second kappa shape index (κ2) is 8.66. The summed E-state index contributed by atoms with van der Waals surface area (Å²) in [5.41, 5.74) is 2.21. The van der Waals surface area contributed by atoms with Crippen molar-refractivity contribution >= 4 is 21.8 Å². The van der Waals surface area contributed by atoms with Crippen molar-refractivity contribution in [1.29, 1.82) is 0 Å². The molecular weight excluding hydrogens is 418 g/mol. The van der Waals surface area contributed by atoms with Gasteiger partial charge < -0.3 is 9.64 Å². The highest BCUT2D eigenvalue weighted by atomic mass is 32.2. The first-order valence-electron chi connectivity index (χ1n) is 9.89. The molecule has 0 unspecified atom stereocenters. The van der Waals surface area contributed by atoms with Gasteiger partial charge in [0.05, 0.1) is 11.0 Å². The van der Waals surface area contributed by atoms with Gasteiger partial charge in [0.25, 0.3) is 5.91 Å². The van der Waals surface area contributed by atoms with Gasteiger partial charge in [-0.15, -0.1) is 5.11 Å². The van der Waals surface area contributed by atoms with Crippen LogP contribution in [0.3, 0.4) is 0 Å². The predicted octanol–water partition coefficient (Wildman–Crippen LogP) is 2.42. The van der Waals surface area contributed by atoms with E-state index in [1.807, 2.05) is 4.90 Å². The molecular formula is C21H23N5O4S. The van der Waals surface area contributed by atoms with E-state index >= 15 is 0 Å². The SMILES string of the molecule is COC1CCN(C(=O)c2ccc(-c3cccc(S(N)(=O)=O)c3C3=NCN=N3)cc2)CC1. The number of nitrogens with two attached hydrogens (primary N) is 1. The minimum Gasteiger partial charge on any atom is -0.381 e. The molecule has 2 N–H and O–H groups in total. The van der Waals surface area contributed by atoms with E-state index in [1.54, 1.807) is 43.5 Å². The number of aliphatic imine (C=N–C) groups is 1. The average molecular weight is 442 g/mol. The Labute approximate surface area is 180 Å². The molecule has 0 aliphatic carbocycles. The molecule has 0 atom stereocenters. The summed E-state index contributed by atoms with van der Waals surface area (Å²) in [6, 6.07) is 11.9. The first-order chi connectivity index (χ1) is 14.9. The maximum Gasteiger partial charge on any atom is 0.253 e. The van der Waals surface area contributed by atoms with E-state index in [-0.39, 0.29) is 29.4 Å². The van der Waals surface area contributed by atoms with Crippen molar-refractivity contribution in [2.24, 2.45) is 20.4 Å². The van der Waals surface area contributed by atoms with Crippen molar-refractivity contribution in [1.82, 2.24) is 4.90 Å². The summed E-state index contributed by atoms with van der Waals surface area (Å²) in [4.78, 5) is 18.8. The van der Waals surface area contributed by atoms with E-state index in [4.69, 9.17) is 9.88 Å². The Balaban J connectivity index is 1.66. The van der Waals surface area contributed by atoms with Gasteiger partial charge in [-0.05, 0) is 42.2 Å². The van der Waals surface area contributed by atoms with Crippen LogP contribution >= 0.6 is 0 Å². The number of nitrogens with zero attached hydrogens (tertiary/aromatic N) is 4. The summed E-state index contributed by atoms with van der Waals surface area (Å²) < 4.78 is 29.7. The predicted molar refractivity (Wildman–Crippen MR) is 115 cm³/mol. The third-order valence-corrected chi connectivity index (χ3v) is 6.46. The molecule has 162 valence electrons. The third kappa shape index (κ3) is 4.41. The zero-order chi connectivity index (χ0) is 22.0. The van der Waals surface area contributed by atoms with Crippen LogP contribution < -0.4 is 5.14 Å². The van der Waals surface area contributed by atoms with Gasteiger partial charge in [0, 0.05) is 31.3 Å². The van der Waals surface area contributed by atoms with Crippen LogP contribution in [-0.2, 0) is 14.8 Å². The van der Waals surface area contributed by atoms with Gasteiger partial charge in [0.1, 0.15) is 0 Å². The molecule has 2 aliphatic rings. The molecule has 0 saturated carbocycles. The largest absolute Gasteiger partial charge is 0.381 e. The number of hydrogen-bond donors (Lipinski definition) is 1. The Kier molecular flexibility index (Phi) is 5.94. The Bertz CT molecular complexity index is 1150. The summed E-state index contributed by atoms with van der Waals surface area (Å²) in [7, 11) is -2.30. The molecule has 0 radical (unpaired) electrons. The van der Waals surface area contributed by atoms with Gasteiger partial charge in [-0.1, -0.05) is 24.3 Å². The smallest absolute Gasteiger partial charge is 0.253 e. The van der Waals surface area contributed by atoms with Crippen molar-refractivity contribution in [3.63, 3.8) is 0 Å². The summed E-state index contributed by atoms with van der Waals surface area (Å²) in [6.45, 7) is 1.45. The van der Waals surface area contributed by atoms with Crippen LogP contribution in [0.1, 0.15) is 28.8 Å². The van der Waals surface area contributed by atoms with E-state index in [2.05, 4.69) is 15.2 Å². The number of amides is 1. The van der Waals surface area contributed by atoms with Gasteiger partial charge in [-0.25, -0.2) is 18.5 Å². The Hall–Kier alpha value is -2.95. The highest BCUT2D eigenvalue weighted by Crippen LogP contribution is 2.31. The number of sulfonamides is 1. The van der Waals surface area contributed by atoms with Crippen molar-refractivity contribution in [3.05, 3.63) is 53.6 Å². The lowest BCUT2D eigenvalue weighted by Gasteiger charge is -2.31. The Morgan fingerprint density at radius 1 is 1.13 bits per heavy atom. The first kappa shape index (κ1) is 21.3. The van der Waals surface area contributed by atoms with Crippen LogP contribution in [-0.4, -0.2) is 58.0 Å². The fourth-order valence-corrected chi connectivity index (χ4v) is 4.62. The lowest BCUT2D eigenvalue weighted by molar-refractivity contribution is 0.0351. The standard InChI is InChI=1S/C21H23N5O4S/c1-30-16-9-11-26(12-10-16)21(27)15-7-5-14(6-8-15)17-3-2-4-18(31(22,28)29)19(17)20-23-13-24-25-20/h2-8,16H,9-13H2,1H3,(H2,22,28,29). The summed E-state index contributed by atoms with van der Waals surface area (Å²) in [5, 5.41) is 13.2. The van der Waals surface area contributed by atoms with E-state index < -0.39 is 10.0 Å². The highest BCUT2D eigenvalue weighted by Gasteiger charge is 2.25. The number of carbonyl (C=O) groups is 1. The average Bonchev–Trinajstić information content (AvgIpc) is 3.32. The van der Waals surface area contributed by atoms with E-state index in [0.717, 1.165) is 18.4 Å². The Morgan fingerprint density at radius 3 is 2.42 bits per heavy atom. The molecule has 1 fully saturated rings. The van der Waals surface area contributed by atoms with Crippen molar-refractivity contribution in [2.75, 3.05) is 26.9 Å². The van der Waals surface area contributed by atoms with Crippen LogP contribution in [0.2, 0.25) is 0 Å². The molecule has 0 spiro atoms. The molecule has 2 aromatic carbocycles. The Morgan fingerprint density at radius 2 is 1.84 bits per heavy atom. The van der Waals surface area contributed by atoms with Crippen molar-refractivity contribution in [3.8, 4) is 11.1 Å². The van der Waals surface area contributed by atoms with Crippen LogP contribution in [0.5, 0.6) is 0 Å². The zero-order valence-corrected chi connectivity index (χ0v) is 17.9. The van der Waals surface area contributed by atoms with E-state index in [1.165, 1.54) is 6.07 Å². The number of carbonyl (C=O) groups excluding carboxylic acids is 1. The third-order valence-electron chi connectivity index (χ3n) is 5.51. The van der Waals surface area contributed by atoms with Crippen LogP contribution in [0, 0.1) is 0 Å². The molecule has 2 heterocycles. The monoisotopic (exact) mass is 441 g/mol. The lowest BCUT2D eigenvalue weighted by atomic mass is 9.97. The number of amidine groups is 1. The minimum atomic E-state index is -4.00. The number of ether oxygens (including phenoxy) is 1.